The summed E-state index contributed by atoms with van der Waals surface area (Å²) in [7, 11) is 0. The van der Waals surface area contributed by atoms with E-state index in [0.717, 1.165) is 47.8 Å². The minimum atomic E-state index is -0.0735. The Labute approximate surface area is 195 Å². The van der Waals surface area contributed by atoms with Crippen molar-refractivity contribution in [1.82, 2.24) is 19.6 Å². The summed E-state index contributed by atoms with van der Waals surface area (Å²) in [4.78, 5) is 30.9. The normalized spacial score (nSPS) is 15.0. The van der Waals surface area contributed by atoms with Crippen LogP contribution < -0.4 is 10.9 Å². The Bertz CT molecular complexity index is 1300. The lowest BCUT2D eigenvalue weighted by molar-refractivity contribution is -0.117. The van der Waals surface area contributed by atoms with Crippen LogP contribution in [-0.4, -0.2) is 58.2 Å². The molecular weight excluding hydrogens is 434 g/mol. The van der Waals surface area contributed by atoms with Crippen molar-refractivity contribution in [3.8, 4) is 10.6 Å². The predicted octanol–water partition coefficient (Wildman–Crippen LogP) is 3.34. The molecule has 0 radical (unpaired) electrons. The Morgan fingerprint density at radius 2 is 1.58 bits per heavy atom. The molecule has 0 bridgehead atoms. The molecule has 0 atom stereocenters. The highest BCUT2D eigenvalue weighted by molar-refractivity contribution is 7.13. The number of carbonyl (C=O) groups excluding carboxylic acids is 1. The highest BCUT2D eigenvalue weighted by Crippen LogP contribution is 2.28. The maximum absolute atomic E-state index is 13.1. The number of para-hydroxylation sites is 1. The van der Waals surface area contributed by atoms with Gasteiger partial charge in [-0.2, -0.15) is 5.10 Å². The molecule has 1 fully saturated rings. The third-order valence-corrected chi connectivity index (χ3v) is 6.72. The van der Waals surface area contributed by atoms with Crippen LogP contribution in [0.5, 0.6) is 0 Å². The van der Waals surface area contributed by atoms with Crippen LogP contribution >= 0.6 is 11.3 Å². The molecule has 168 valence electrons. The lowest BCUT2D eigenvalue weighted by Gasteiger charge is -2.34. The van der Waals surface area contributed by atoms with Crippen LogP contribution in [0.4, 0.5) is 5.69 Å². The first-order valence-corrected chi connectivity index (χ1v) is 11.9. The van der Waals surface area contributed by atoms with Crippen LogP contribution in [0, 0.1) is 0 Å². The molecule has 1 amide bonds. The molecule has 1 aliphatic rings. The topological polar surface area (TPSA) is 70.5 Å². The van der Waals surface area contributed by atoms with Crippen LogP contribution in [0.3, 0.4) is 0 Å². The molecule has 1 saturated heterocycles. The Hall–Kier alpha value is -3.33. The molecule has 5 rings (SSSR count). The van der Waals surface area contributed by atoms with E-state index >= 15 is 0 Å². The molecule has 1 N–H and O–H groups in total. The maximum Gasteiger partial charge on any atom is 0.275 e. The molecule has 8 heteroatoms. The number of anilines is 1. The van der Waals surface area contributed by atoms with Gasteiger partial charge in [-0.15, -0.1) is 11.3 Å². The van der Waals surface area contributed by atoms with Gasteiger partial charge in [-0.1, -0.05) is 42.5 Å². The third-order valence-electron chi connectivity index (χ3n) is 5.85. The van der Waals surface area contributed by atoms with E-state index in [1.165, 1.54) is 0 Å². The molecule has 4 aromatic rings. The summed E-state index contributed by atoms with van der Waals surface area (Å²) >= 11 is 1.62. The van der Waals surface area contributed by atoms with E-state index in [9.17, 15) is 9.59 Å². The first kappa shape index (κ1) is 21.5. The molecule has 3 heterocycles. The smallest absolute Gasteiger partial charge is 0.275 e. The zero-order chi connectivity index (χ0) is 22.6. The number of thiophene rings is 1. The van der Waals surface area contributed by atoms with Gasteiger partial charge in [0.2, 0.25) is 5.91 Å². The Morgan fingerprint density at radius 3 is 2.30 bits per heavy atom. The molecule has 2 aromatic carbocycles. The second-order valence-electron chi connectivity index (χ2n) is 8.13. The highest BCUT2D eigenvalue weighted by Gasteiger charge is 2.21. The number of benzene rings is 2. The molecule has 0 spiro atoms. The number of carbonyl (C=O) groups is 1. The van der Waals surface area contributed by atoms with Crippen molar-refractivity contribution in [3.05, 3.63) is 82.5 Å². The maximum atomic E-state index is 13.1. The van der Waals surface area contributed by atoms with E-state index in [0.29, 0.717) is 18.6 Å². The van der Waals surface area contributed by atoms with Crippen LogP contribution in [0.25, 0.3) is 21.3 Å². The van der Waals surface area contributed by atoms with Crippen molar-refractivity contribution in [2.75, 3.05) is 38.0 Å². The summed E-state index contributed by atoms with van der Waals surface area (Å²) in [6.07, 6.45) is 0. The largest absolute Gasteiger partial charge is 0.325 e. The number of aromatic nitrogens is 2. The fourth-order valence-electron chi connectivity index (χ4n) is 4.13. The van der Waals surface area contributed by atoms with Gasteiger partial charge in [0, 0.05) is 37.3 Å². The van der Waals surface area contributed by atoms with Crippen molar-refractivity contribution in [1.29, 1.82) is 0 Å². The molecule has 1 aliphatic heterocycles. The number of nitrogens with zero attached hydrogens (tertiary/aromatic N) is 4. The summed E-state index contributed by atoms with van der Waals surface area (Å²) < 4.78 is 1.58. The monoisotopic (exact) mass is 459 g/mol. The molecule has 0 saturated carbocycles. The second-order valence-corrected chi connectivity index (χ2v) is 9.07. The molecule has 7 nitrogen and oxygen atoms in total. The number of hydrogen-bond donors (Lipinski definition) is 1. The number of rotatable bonds is 6. The van der Waals surface area contributed by atoms with E-state index in [2.05, 4.69) is 15.1 Å². The van der Waals surface area contributed by atoms with E-state index in [-0.39, 0.29) is 11.5 Å². The van der Waals surface area contributed by atoms with Gasteiger partial charge in [-0.25, -0.2) is 4.68 Å². The molecular formula is C25H25N5O2S. The average Bonchev–Trinajstić information content (AvgIpc) is 3.37. The van der Waals surface area contributed by atoms with Crippen LogP contribution in [0.1, 0.15) is 0 Å². The summed E-state index contributed by atoms with van der Waals surface area (Å²) in [5.41, 5.74) is 1.58. The minimum absolute atomic E-state index is 0.0114. The van der Waals surface area contributed by atoms with E-state index in [4.69, 9.17) is 5.10 Å². The van der Waals surface area contributed by atoms with Gasteiger partial charge in [0.15, 0.2) is 0 Å². The van der Waals surface area contributed by atoms with Gasteiger partial charge in [-0.3, -0.25) is 19.4 Å². The lowest BCUT2D eigenvalue weighted by atomic mass is 10.1. The van der Waals surface area contributed by atoms with Gasteiger partial charge in [0.05, 0.1) is 23.5 Å². The first-order chi connectivity index (χ1) is 16.2. The standard InChI is InChI=1S/C25H25N5O2S/c31-23(26-19-7-2-1-3-8-19)17-28-12-14-29(15-13-28)18-30-25(32)21-10-5-4-9-20(21)24(27-30)22-11-6-16-33-22/h1-11,16H,12-15,17-18H2,(H,26,31). The molecule has 2 aromatic heterocycles. The summed E-state index contributed by atoms with van der Waals surface area (Å²) in [5, 5.41) is 11.3. The number of fused-ring (bicyclic) bond motifs is 1. The van der Waals surface area contributed by atoms with Crippen LogP contribution in [0.2, 0.25) is 0 Å². The fraction of sp³-hybridized carbons (Fsp3) is 0.240. The average molecular weight is 460 g/mol. The van der Waals surface area contributed by atoms with Gasteiger partial charge in [0.25, 0.3) is 5.56 Å². The second kappa shape index (κ2) is 9.66. The van der Waals surface area contributed by atoms with E-state index < -0.39 is 0 Å². The first-order valence-electron chi connectivity index (χ1n) is 11.0. The molecule has 0 unspecified atom stereocenters. The van der Waals surface area contributed by atoms with Gasteiger partial charge >= 0.3 is 0 Å². The third kappa shape index (κ3) is 4.88. The summed E-state index contributed by atoms with van der Waals surface area (Å²) in [6, 6.07) is 21.2. The highest BCUT2D eigenvalue weighted by atomic mass is 32.1. The van der Waals surface area contributed by atoms with Gasteiger partial charge < -0.3 is 5.32 Å². The van der Waals surface area contributed by atoms with Crippen LogP contribution in [-0.2, 0) is 11.5 Å². The quantitative estimate of drug-likeness (QED) is 0.479. The predicted molar refractivity (Wildman–Crippen MR) is 132 cm³/mol. The van der Waals surface area contributed by atoms with Crippen molar-refractivity contribution >= 4 is 33.7 Å². The van der Waals surface area contributed by atoms with Crippen LogP contribution in [0.15, 0.2) is 76.9 Å². The van der Waals surface area contributed by atoms with E-state index in [1.54, 1.807) is 16.0 Å². The summed E-state index contributed by atoms with van der Waals surface area (Å²) in [5.74, 6) is -0.0114. The fourth-order valence-corrected chi connectivity index (χ4v) is 4.85. The Balaban J connectivity index is 1.25. The van der Waals surface area contributed by atoms with Gasteiger partial charge in [0.1, 0.15) is 5.69 Å². The Kier molecular flexibility index (Phi) is 6.30. The minimum Gasteiger partial charge on any atom is -0.325 e. The van der Waals surface area contributed by atoms with Gasteiger partial charge in [-0.05, 0) is 29.6 Å². The number of nitrogens with one attached hydrogen (secondary N) is 1. The van der Waals surface area contributed by atoms with Crippen molar-refractivity contribution in [3.63, 3.8) is 0 Å². The SMILES string of the molecule is O=C(CN1CCN(Cn2nc(-c3cccs3)c3ccccc3c2=O)CC1)Nc1ccccc1. The summed E-state index contributed by atoms with van der Waals surface area (Å²) in [6.45, 7) is 3.87. The molecule has 33 heavy (non-hydrogen) atoms. The number of hydrogen-bond acceptors (Lipinski definition) is 6. The van der Waals surface area contributed by atoms with Crippen molar-refractivity contribution in [2.24, 2.45) is 0 Å². The van der Waals surface area contributed by atoms with E-state index in [1.807, 2.05) is 72.1 Å². The zero-order valence-electron chi connectivity index (χ0n) is 18.2. The van der Waals surface area contributed by atoms with Crippen molar-refractivity contribution < 1.29 is 4.79 Å². The Morgan fingerprint density at radius 1 is 0.879 bits per heavy atom. The number of piperazine rings is 1. The number of amides is 1. The lowest BCUT2D eigenvalue weighted by Crippen LogP contribution is -2.49. The molecule has 0 aliphatic carbocycles. The van der Waals surface area contributed by atoms with Crippen molar-refractivity contribution in [2.45, 2.75) is 6.67 Å². The zero-order valence-corrected chi connectivity index (χ0v) is 19.0.